The number of nitrogens with one attached hydrogen (secondary N) is 1. The Morgan fingerprint density at radius 2 is 1.90 bits per heavy atom. The first-order valence-electron chi connectivity index (χ1n) is 7.70. The van der Waals surface area contributed by atoms with Crippen LogP contribution in [0.3, 0.4) is 0 Å². The zero-order chi connectivity index (χ0) is 15.4. The number of hydrogen-bond donors (Lipinski definition) is 2. The van der Waals surface area contributed by atoms with Gasteiger partial charge in [0.15, 0.2) is 11.5 Å². The second-order valence-corrected chi connectivity index (χ2v) is 5.95. The van der Waals surface area contributed by atoms with Crippen LogP contribution in [-0.4, -0.2) is 32.0 Å². The second kappa shape index (κ2) is 7.14. The lowest BCUT2D eigenvalue weighted by Gasteiger charge is -2.22. The molecule has 4 nitrogen and oxygen atoms in total. The van der Waals surface area contributed by atoms with Gasteiger partial charge in [0.1, 0.15) is 0 Å². The molecule has 2 rings (SSSR count). The molecule has 1 aromatic rings. The molecule has 1 aromatic carbocycles. The van der Waals surface area contributed by atoms with Crippen molar-refractivity contribution in [1.82, 2.24) is 5.32 Å². The van der Waals surface area contributed by atoms with E-state index in [2.05, 4.69) is 19.2 Å². The zero-order valence-corrected chi connectivity index (χ0v) is 13.5. The zero-order valence-electron chi connectivity index (χ0n) is 13.5. The van der Waals surface area contributed by atoms with Crippen molar-refractivity contribution in [2.45, 2.75) is 45.3 Å². The Morgan fingerprint density at radius 3 is 2.48 bits per heavy atom. The van der Waals surface area contributed by atoms with Gasteiger partial charge in [0, 0.05) is 12.6 Å². The van der Waals surface area contributed by atoms with Gasteiger partial charge >= 0.3 is 0 Å². The monoisotopic (exact) mass is 293 g/mol. The van der Waals surface area contributed by atoms with Crippen LogP contribution >= 0.6 is 0 Å². The van der Waals surface area contributed by atoms with Gasteiger partial charge in [-0.05, 0) is 55.9 Å². The molecule has 4 heteroatoms. The molecule has 0 bridgehead atoms. The summed E-state index contributed by atoms with van der Waals surface area (Å²) >= 11 is 0. The van der Waals surface area contributed by atoms with Crippen molar-refractivity contribution in [2.75, 3.05) is 20.8 Å². The fourth-order valence-corrected chi connectivity index (χ4v) is 3.16. The molecule has 0 aliphatic heterocycles. The summed E-state index contributed by atoms with van der Waals surface area (Å²) in [5, 5.41) is 13.4. The molecule has 0 aromatic heterocycles. The lowest BCUT2D eigenvalue weighted by atomic mass is 10.00. The highest BCUT2D eigenvalue weighted by Crippen LogP contribution is 2.33. The lowest BCUT2D eigenvalue weighted by Crippen LogP contribution is -2.30. The van der Waals surface area contributed by atoms with Gasteiger partial charge in [-0.3, -0.25) is 0 Å². The molecule has 2 N–H and O–H groups in total. The van der Waals surface area contributed by atoms with Crippen LogP contribution in [0.1, 0.15) is 43.4 Å². The number of methoxy groups -OCH3 is 2. The molecule has 1 aliphatic rings. The normalized spacial score (nSPS) is 23.1. The number of benzene rings is 1. The molecule has 0 saturated heterocycles. The van der Waals surface area contributed by atoms with Gasteiger partial charge < -0.3 is 19.9 Å². The molecule has 3 atom stereocenters. The summed E-state index contributed by atoms with van der Waals surface area (Å²) in [5.74, 6) is 1.90. The minimum absolute atomic E-state index is 0.142. The van der Waals surface area contributed by atoms with Crippen LogP contribution in [0, 0.1) is 12.8 Å². The SMILES string of the molecule is COc1cc(C)c(C(C)NCC2CCCC2O)cc1OC. The highest BCUT2D eigenvalue weighted by atomic mass is 16.5. The fourth-order valence-electron chi connectivity index (χ4n) is 3.16. The third-order valence-electron chi connectivity index (χ3n) is 4.54. The van der Waals surface area contributed by atoms with Gasteiger partial charge in [-0.25, -0.2) is 0 Å². The molecule has 0 amide bonds. The van der Waals surface area contributed by atoms with Crippen LogP contribution < -0.4 is 14.8 Å². The van der Waals surface area contributed by atoms with E-state index in [-0.39, 0.29) is 12.1 Å². The molecule has 0 spiro atoms. The van der Waals surface area contributed by atoms with Gasteiger partial charge in [0.2, 0.25) is 0 Å². The molecule has 3 unspecified atom stereocenters. The number of aryl methyl sites for hydroxylation is 1. The van der Waals surface area contributed by atoms with Gasteiger partial charge in [0.05, 0.1) is 20.3 Å². The summed E-state index contributed by atoms with van der Waals surface area (Å²) in [5.41, 5.74) is 2.39. The van der Waals surface area contributed by atoms with Crippen molar-refractivity contribution < 1.29 is 14.6 Å². The summed E-state index contributed by atoms with van der Waals surface area (Å²) in [7, 11) is 3.31. The van der Waals surface area contributed by atoms with Crippen LogP contribution in [0.25, 0.3) is 0 Å². The highest BCUT2D eigenvalue weighted by molar-refractivity contribution is 5.47. The Bertz CT molecular complexity index is 475. The first-order chi connectivity index (χ1) is 10.1. The quantitative estimate of drug-likeness (QED) is 0.847. The van der Waals surface area contributed by atoms with Crippen LogP contribution in [0.4, 0.5) is 0 Å². The van der Waals surface area contributed by atoms with Crippen LogP contribution in [0.2, 0.25) is 0 Å². The minimum atomic E-state index is -0.142. The number of ether oxygens (including phenoxy) is 2. The number of hydrogen-bond acceptors (Lipinski definition) is 4. The Morgan fingerprint density at radius 1 is 1.24 bits per heavy atom. The van der Waals surface area contributed by atoms with E-state index in [1.54, 1.807) is 14.2 Å². The van der Waals surface area contributed by atoms with Crippen molar-refractivity contribution in [2.24, 2.45) is 5.92 Å². The average molecular weight is 293 g/mol. The summed E-state index contributed by atoms with van der Waals surface area (Å²) in [6, 6.07) is 4.27. The van der Waals surface area contributed by atoms with Gasteiger partial charge in [-0.1, -0.05) is 6.42 Å². The van der Waals surface area contributed by atoms with Gasteiger partial charge in [-0.15, -0.1) is 0 Å². The first-order valence-corrected chi connectivity index (χ1v) is 7.70. The third-order valence-corrected chi connectivity index (χ3v) is 4.54. The van der Waals surface area contributed by atoms with Crippen LogP contribution in [0.15, 0.2) is 12.1 Å². The Labute approximate surface area is 127 Å². The Kier molecular flexibility index (Phi) is 5.48. The maximum absolute atomic E-state index is 9.90. The molecule has 1 saturated carbocycles. The minimum Gasteiger partial charge on any atom is -0.493 e. The van der Waals surface area contributed by atoms with E-state index in [4.69, 9.17) is 9.47 Å². The maximum Gasteiger partial charge on any atom is 0.161 e. The van der Waals surface area contributed by atoms with E-state index in [0.717, 1.165) is 37.3 Å². The average Bonchev–Trinajstić information content (AvgIpc) is 2.89. The maximum atomic E-state index is 9.90. The number of rotatable bonds is 6. The lowest BCUT2D eigenvalue weighted by molar-refractivity contribution is 0.130. The smallest absolute Gasteiger partial charge is 0.161 e. The van der Waals surface area contributed by atoms with E-state index < -0.39 is 0 Å². The van der Waals surface area contributed by atoms with E-state index in [1.165, 1.54) is 11.1 Å². The van der Waals surface area contributed by atoms with Crippen LogP contribution in [0.5, 0.6) is 11.5 Å². The van der Waals surface area contributed by atoms with Crippen LogP contribution in [-0.2, 0) is 0 Å². The van der Waals surface area contributed by atoms with Gasteiger partial charge in [0.25, 0.3) is 0 Å². The fraction of sp³-hybridized carbons (Fsp3) is 0.647. The van der Waals surface area contributed by atoms with E-state index in [0.29, 0.717) is 5.92 Å². The van der Waals surface area contributed by atoms with Gasteiger partial charge in [-0.2, -0.15) is 0 Å². The standard InChI is InChI=1S/C17H27NO3/c1-11-8-16(20-3)17(21-4)9-14(11)12(2)18-10-13-6-5-7-15(13)19/h8-9,12-13,15,18-19H,5-7,10H2,1-4H3. The molecule has 21 heavy (non-hydrogen) atoms. The summed E-state index contributed by atoms with van der Waals surface area (Å²) < 4.78 is 10.7. The van der Waals surface area contributed by atoms with E-state index in [1.807, 2.05) is 12.1 Å². The Hall–Kier alpha value is -1.26. The van der Waals surface area contributed by atoms with Crippen molar-refractivity contribution in [3.05, 3.63) is 23.3 Å². The highest BCUT2D eigenvalue weighted by Gasteiger charge is 2.25. The summed E-state index contributed by atoms with van der Waals surface area (Å²) in [6.07, 6.45) is 3.05. The van der Waals surface area contributed by atoms with Crippen molar-refractivity contribution in [1.29, 1.82) is 0 Å². The number of aliphatic hydroxyl groups is 1. The van der Waals surface area contributed by atoms with E-state index >= 15 is 0 Å². The summed E-state index contributed by atoms with van der Waals surface area (Å²) in [6.45, 7) is 5.09. The Balaban J connectivity index is 2.06. The predicted molar refractivity (Wildman–Crippen MR) is 84.0 cm³/mol. The van der Waals surface area contributed by atoms with Crippen molar-refractivity contribution in [3.63, 3.8) is 0 Å². The molecular formula is C17H27NO3. The third kappa shape index (κ3) is 3.69. The predicted octanol–water partition coefficient (Wildman–Crippen LogP) is 2.82. The second-order valence-electron chi connectivity index (χ2n) is 5.95. The number of aliphatic hydroxyl groups excluding tert-OH is 1. The van der Waals surface area contributed by atoms with Crippen molar-refractivity contribution >= 4 is 0 Å². The summed E-state index contributed by atoms with van der Waals surface area (Å²) in [4.78, 5) is 0. The molecular weight excluding hydrogens is 266 g/mol. The molecule has 118 valence electrons. The van der Waals surface area contributed by atoms with E-state index in [9.17, 15) is 5.11 Å². The first kappa shape index (κ1) is 16.1. The molecule has 0 heterocycles. The van der Waals surface area contributed by atoms with Crippen molar-refractivity contribution in [3.8, 4) is 11.5 Å². The molecule has 0 radical (unpaired) electrons. The topological polar surface area (TPSA) is 50.7 Å². The largest absolute Gasteiger partial charge is 0.493 e. The molecule has 1 aliphatic carbocycles. The molecule has 1 fully saturated rings.